The molecule has 0 saturated heterocycles. The first-order valence-electron chi connectivity index (χ1n) is 2.15. The van der Waals surface area contributed by atoms with Gasteiger partial charge in [0.1, 0.15) is 0 Å². The van der Waals surface area contributed by atoms with Crippen LogP contribution >= 0.6 is 0 Å². The fourth-order valence-corrected chi connectivity index (χ4v) is 0.212. The van der Waals surface area contributed by atoms with Crippen LogP contribution in [0, 0.1) is 0 Å². The van der Waals surface area contributed by atoms with E-state index >= 15 is 0 Å². The third-order valence-electron chi connectivity index (χ3n) is 0.449. The van der Waals surface area contributed by atoms with Gasteiger partial charge in [-0.15, -0.1) is 0 Å². The van der Waals surface area contributed by atoms with Crippen LogP contribution in [0.25, 0.3) is 0 Å². The number of hydrogen-bond donors (Lipinski definition) is 0. The van der Waals surface area contributed by atoms with Crippen LogP contribution in [-0.4, -0.2) is 12.3 Å². The summed E-state index contributed by atoms with van der Waals surface area (Å²) in [5.74, 6) is -0.674. The van der Waals surface area contributed by atoms with E-state index in [2.05, 4.69) is 11.3 Å². The highest BCUT2D eigenvalue weighted by Gasteiger charge is 1.99. The highest BCUT2D eigenvalue weighted by Crippen LogP contribution is 1.85. The molecule has 0 heterocycles. The minimum atomic E-state index is -1.29. The predicted octanol–water partition coefficient (Wildman–Crippen LogP) is 0.492. The minimum Gasteiger partial charge on any atom is -0.430 e. The summed E-state index contributed by atoms with van der Waals surface area (Å²) in [4.78, 5) is 10.1. The van der Waals surface area contributed by atoms with Crippen LogP contribution in [0.1, 0.15) is 6.92 Å². The summed E-state index contributed by atoms with van der Waals surface area (Å²) in [5, 5.41) is 10.0. The molecule has 8 heavy (non-hydrogen) atoms. The monoisotopic (exact) mass is 115 g/mol. The van der Waals surface area contributed by atoms with Crippen molar-refractivity contribution in [3.63, 3.8) is 0 Å². The summed E-state index contributed by atoms with van der Waals surface area (Å²) >= 11 is 0. The lowest BCUT2D eigenvalue weighted by atomic mass is 10.6. The first-order valence-corrected chi connectivity index (χ1v) is 2.15. The summed E-state index contributed by atoms with van der Waals surface area (Å²) in [7, 11) is 0. The van der Waals surface area contributed by atoms with E-state index in [0.29, 0.717) is 0 Å². The van der Waals surface area contributed by atoms with Crippen LogP contribution in [0.3, 0.4) is 0 Å². The second kappa shape index (κ2) is 3.21. The summed E-state index contributed by atoms with van der Waals surface area (Å²) in [6.07, 6.45) is -0.338. The van der Waals surface area contributed by atoms with E-state index < -0.39 is 12.3 Å². The molecule has 1 atom stereocenters. The Labute approximate surface area is 47.6 Å². The molecule has 1 radical (unpaired) electrons. The van der Waals surface area contributed by atoms with Crippen molar-refractivity contribution in [3.05, 3.63) is 12.7 Å². The molecule has 45 valence electrons. The third-order valence-corrected chi connectivity index (χ3v) is 0.449. The van der Waals surface area contributed by atoms with E-state index in [4.69, 9.17) is 0 Å². The van der Waals surface area contributed by atoms with Crippen molar-refractivity contribution in [2.24, 2.45) is 0 Å². The second-order valence-corrected chi connectivity index (χ2v) is 1.21. The first-order chi connectivity index (χ1) is 3.66. The lowest BCUT2D eigenvalue weighted by Crippen LogP contribution is -2.09. The zero-order chi connectivity index (χ0) is 6.57. The molecule has 0 aliphatic heterocycles. The Bertz CT molecular complexity index is 95.8. The number of hydrogen-bond acceptors (Lipinski definition) is 2. The molecule has 1 unspecified atom stereocenters. The van der Waals surface area contributed by atoms with Crippen molar-refractivity contribution in [2.45, 2.75) is 13.2 Å². The predicted molar refractivity (Wildman–Crippen MR) is 26.4 cm³/mol. The SMILES string of the molecule is C=CC(=O)OC(C)[O]. The summed E-state index contributed by atoms with van der Waals surface area (Å²) in [5.41, 5.74) is 0. The molecule has 0 saturated carbocycles. The van der Waals surface area contributed by atoms with Gasteiger partial charge in [-0.05, 0) is 0 Å². The average Bonchev–Trinajstić information content (AvgIpc) is 1.65. The molecular weight excluding hydrogens is 108 g/mol. The van der Waals surface area contributed by atoms with E-state index in [9.17, 15) is 9.90 Å². The van der Waals surface area contributed by atoms with Crippen LogP contribution in [-0.2, 0) is 14.6 Å². The second-order valence-electron chi connectivity index (χ2n) is 1.21. The lowest BCUT2D eigenvalue weighted by molar-refractivity contribution is -0.168. The molecule has 0 N–H and O–H groups in total. The Morgan fingerprint density at radius 1 is 1.88 bits per heavy atom. The minimum absolute atomic E-state index is 0.674. The number of carbonyl (C=O) groups is 1. The maximum atomic E-state index is 10.1. The van der Waals surface area contributed by atoms with Crippen LogP contribution in [0.2, 0.25) is 0 Å². The molecule has 0 bridgehead atoms. The van der Waals surface area contributed by atoms with Crippen molar-refractivity contribution in [1.29, 1.82) is 0 Å². The molecule has 0 rings (SSSR count). The first kappa shape index (κ1) is 7.17. The molecule has 0 aromatic rings. The Morgan fingerprint density at radius 2 is 2.38 bits per heavy atom. The quantitative estimate of drug-likeness (QED) is 0.298. The zero-order valence-electron chi connectivity index (χ0n) is 4.59. The van der Waals surface area contributed by atoms with Gasteiger partial charge in [0.2, 0.25) is 6.29 Å². The lowest BCUT2D eigenvalue weighted by Gasteiger charge is -1.98. The van der Waals surface area contributed by atoms with Gasteiger partial charge in [0, 0.05) is 13.0 Å². The molecule has 0 amide bonds. The molecule has 3 nitrogen and oxygen atoms in total. The Morgan fingerprint density at radius 3 is 2.50 bits per heavy atom. The van der Waals surface area contributed by atoms with Crippen LogP contribution in [0.15, 0.2) is 12.7 Å². The maximum Gasteiger partial charge on any atom is 0.332 e. The Kier molecular flexibility index (Phi) is 2.88. The van der Waals surface area contributed by atoms with Crippen molar-refractivity contribution in [1.82, 2.24) is 0 Å². The molecule has 0 fully saturated rings. The van der Waals surface area contributed by atoms with E-state index in [1.165, 1.54) is 6.92 Å². The highest BCUT2D eigenvalue weighted by atomic mass is 16.6. The highest BCUT2D eigenvalue weighted by molar-refractivity contribution is 5.81. The fourth-order valence-electron chi connectivity index (χ4n) is 0.212. The summed E-state index contributed by atoms with van der Waals surface area (Å²) in [6, 6.07) is 0. The number of esters is 1. The van der Waals surface area contributed by atoms with Gasteiger partial charge in [0.15, 0.2) is 0 Å². The summed E-state index contributed by atoms with van der Waals surface area (Å²) in [6.45, 7) is 4.34. The van der Waals surface area contributed by atoms with Crippen LogP contribution in [0.5, 0.6) is 0 Å². The van der Waals surface area contributed by atoms with Gasteiger partial charge in [-0.3, -0.25) is 0 Å². The Hall–Kier alpha value is -0.830. The molecule has 0 spiro atoms. The number of rotatable bonds is 2. The van der Waals surface area contributed by atoms with Gasteiger partial charge >= 0.3 is 5.97 Å². The number of carbonyl (C=O) groups excluding carboxylic acids is 1. The van der Waals surface area contributed by atoms with Crippen molar-refractivity contribution in [2.75, 3.05) is 0 Å². The normalized spacial score (nSPS) is 12.2. The van der Waals surface area contributed by atoms with Crippen molar-refractivity contribution in [3.8, 4) is 0 Å². The largest absolute Gasteiger partial charge is 0.430 e. The van der Waals surface area contributed by atoms with E-state index in [0.717, 1.165) is 6.08 Å². The average molecular weight is 115 g/mol. The smallest absolute Gasteiger partial charge is 0.332 e. The zero-order valence-corrected chi connectivity index (χ0v) is 4.59. The molecule has 0 aliphatic carbocycles. The molecular formula is C5H7O3. The third kappa shape index (κ3) is 3.36. The molecule has 3 heteroatoms. The molecule has 0 aliphatic rings. The van der Waals surface area contributed by atoms with Crippen LogP contribution in [0.4, 0.5) is 0 Å². The maximum absolute atomic E-state index is 10.1. The van der Waals surface area contributed by atoms with E-state index in [1.54, 1.807) is 0 Å². The van der Waals surface area contributed by atoms with Crippen molar-refractivity contribution >= 4 is 5.97 Å². The Balaban J connectivity index is 3.39. The van der Waals surface area contributed by atoms with Gasteiger partial charge in [-0.1, -0.05) is 6.58 Å². The fraction of sp³-hybridized carbons (Fsp3) is 0.400. The molecule has 0 aromatic heterocycles. The van der Waals surface area contributed by atoms with E-state index in [1.807, 2.05) is 0 Å². The topological polar surface area (TPSA) is 46.2 Å². The summed E-state index contributed by atoms with van der Waals surface area (Å²) < 4.78 is 4.09. The molecule has 0 aromatic carbocycles. The standard InChI is InChI=1S/C5H7O3/c1-3-5(7)8-4(2)6/h3-4H,1H2,2H3. The van der Waals surface area contributed by atoms with Crippen LogP contribution < -0.4 is 0 Å². The van der Waals surface area contributed by atoms with Gasteiger partial charge in [0.25, 0.3) is 0 Å². The van der Waals surface area contributed by atoms with Gasteiger partial charge < -0.3 is 4.74 Å². The van der Waals surface area contributed by atoms with Gasteiger partial charge in [0.05, 0.1) is 0 Å². The van der Waals surface area contributed by atoms with Gasteiger partial charge in [-0.25, -0.2) is 4.79 Å². The van der Waals surface area contributed by atoms with E-state index in [-0.39, 0.29) is 0 Å². The van der Waals surface area contributed by atoms with Crippen molar-refractivity contribution < 1.29 is 14.6 Å². The van der Waals surface area contributed by atoms with Gasteiger partial charge in [-0.2, -0.15) is 5.11 Å². The number of ether oxygens (including phenoxy) is 1.